The van der Waals surface area contributed by atoms with Gasteiger partial charge in [-0.15, -0.1) is 0 Å². The van der Waals surface area contributed by atoms with Gasteiger partial charge >= 0.3 is 0 Å². The van der Waals surface area contributed by atoms with E-state index in [9.17, 15) is 4.79 Å². The third-order valence-corrected chi connectivity index (χ3v) is 6.29. The molecule has 0 radical (unpaired) electrons. The first kappa shape index (κ1) is 17.6. The summed E-state index contributed by atoms with van der Waals surface area (Å²) < 4.78 is 8.84. The zero-order valence-corrected chi connectivity index (χ0v) is 17.6. The summed E-state index contributed by atoms with van der Waals surface area (Å²) in [5, 5.41) is 0.687. The van der Waals surface area contributed by atoms with Crippen LogP contribution in [0.1, 0.15) is 11.3 Å². The maximum atomic E-state index is 12.9. The van der Waals surface area contributed by atoms with E-state index >= 15 is 0 Å². The average molecular weight is 473 g/mol. The zero-order chi connectivity index (χ0) is 19.4. The van der Waals surface area contributed by atoms with Crippen LogP contribution in [0.2, 0.25) is 5.02 Å². The Morgan fingerprint density at radius 1 is 1.29 bits per heavy atom. The molecule has 0 aliphatic rings. The van der Waals surface area contributed by atoms with Crippen LogP contribution in [0.25, 0.3) is 33.5 Å². The van der Waals surface area contributed by atoms with Crippen molar-refractivity contribution < 1.29 is 4.42 Å². The lowest BCUT2D eigenvalue weighted by Gasteiger charge is -2.03. The maximum absolute atomic E-state index is 12.9. The van der Waals surface area contributed by atoms with Gasteiger partial charge in [0.05, 0.1) is 0 Å². The van der Waals surface area contributed by atoms with Crippen LogP contribution in [-0.4, -0.2) is 14.4 Å². The highest BCUT2D eigenvalue weighted by atomic mass is 79.9. The van der Waals surface area contributed by atoms with Crippen LogP contribution in [0.4, 0.5) is 0 Å². The van der Waals surface area contributed by atoms with E-state index in [0.717, 1.165) is 15.6 Å². The number of nitrogens with zero attached hydrogens (tertiary/aromatic N) is 3. The zero-order valence-electron chi connectivity index (χ0n) is 14.4. The van der Waals surface area contributed by atoms with Crippen LogP contribution < -0.4 is 10.1 Å². The van der Waals surface area contributed by atoms with Gasteiger partial charge in [0.25, 0.3) is 5.56 Å². The molecule has 4 heterocycles. The van der Waals surface area contributed by atoms with Crippen molar-refractivity contribution in [2.75, 3.05) is 0 Å². The fourth-order valence-electron chi connectivity index (χ4n) is 3.09. The number of benzene rings is 1. The summed E-state index contributed by atoms with van der Waals surface area (Å²) in [4.78, 5) is 22.3. The molecule has 5 nitrogen and oxygen atoms in total. The van der Waals surface area contributed by atoms with Crippen LogP contribution >= 0.6 is 38.9 Å². The largest absolute Gasteiger partial charge is 0.457 e. The van der Waals surface area contributed by atoms with Gasteiger partial charge in [0.2, 0.25) is 0 Å². The van der Waals surface area contributed by atoms with Gasteiger partial charge in [-0.1, -0.05) is 35.1 Å². The van der Waals surface area contributed by atoms with Crippen molar-refractivity contribution >= 4 is 61.1 Å². The van der Waals surface area contributed by atoms with E-state index in [1.807, 2.05) is 43.3 Å². The molecule has 0 saturated heterocycles. The van der Waals surface area contributed by atoms with Crippen molar-refractivity contribution in [3.63, 3.8) is 0 Å². The normalized spacial score (nSPS) is 12.5. The minimum atomic E-state index is -0.158. The fraction of sp³-hybridized carbons (Fsp3) is 0.0500. The molecule has 0 saturated carbocycles. The second-order valence-electron chi connectivity index (χ2n) is 6.26. The molecule has 5 rings (SSSR count). The Morgan fingerprint density at radius 3 is 3.00 bits per heavy atom. The monoisotopic (exact) mass is 471 g/mol. The van der Waals surface area contributed by atoms with Gasteiger partial charge in [-0.3, -0.25) is 4.79 Å². The molecule has 0 unspecified atom stereocenters. The van der Waals surface area contributed by atoms with Crippen LogP contribution in [0.3, 0.4) is 0 Å². The molecule has 0 N–H and O–H groups in total. The molecule has 0 fully saturated rings. The Morgan fingerprint density at radius 2 is 2.14 bits per heavy atom. The number of halogens is 2. The van der Waals surface area contributed by atoms with E-state index < -0.39 is 0 Å². The summed E-state index contributed by atoms with van der Waals surface area (Å²) in [5.41, 5.74) is 2.95. The van der Waals surface area contributed by atoms with Gasteiger partial charge in [0.15, 0.2) is 10.6 Å². The Hall–Kier alpha value is -2.48. The molecular formula is C20H11BrClN3O2S. The highest BCUT2D eigenvalue weighted by Crippen LogP contribution is 2.29. The number of imidazole rings is 1. The lowest BCUT2D eigenvalue weighted by molar-refractivity contribution is 0.571. The molecule has 5 aromatic rings. The van der Waals surface area contributed by atoms with Crippen molar-refractivity contribution in [2.45, 2.75) is 6.92 Å². The number of fused-ring (bicyclic) bond motifs is 3. The Labute approximate surface area is 176 Å². The van der Waals surface area contributed by atoms with Gasteiger partial charge in [-0.2, -0.15) is 0 Å². The van der Waals surface area contributed by atoms with Crippen molar-refractivity contribution in [3.05, 3.63) is 78.3 Å². The van der Waals surface area contributed by atoms with Gasteiger partial charge in [0, 0.05) is 27.3 Å². The molecule has 0 amide bonds. The summed E-state index contributed by atoms with van der Waals surface area (Å²) in [6, 6.07) is 11.2. The molecule has 0 aliphatic carbocycles. The fourth-order valence-corrected chi connectivity index (χ4v) is 4.54. The second kappa shape index (κ2) is 6.55. The first-order valence-corrected chi connectivity index (χ1v) is 10.3. The summed E-state index contributed by atoms with van der Waals surface area (Å²) in [5.74, 6) is 1.30. The first-order chi connectivity index (χ1) is 13.5. The predicted molar refractivity (Wildman–Crippen MR) is 115 cm³/mol. The molecule has 4 aromatic heterocycles. The van der Waals surface area contributed by atoms with E-state index in [0.29, 0.717) is 37.2 Å². The maximum Gasteiger partial charge on any atom is 0.276 e. The van der Waals surface area contributed by atoms with Crippen LogP contribution in [0.15, 0.2) is 56.3 Å². The minimum absolute atomic E-state index is 0.158. The van der Waals surface area contributed by atoms with E-state index in [-0.39, 0.29) is 5.56 Å². The Kier molecular flexibility index (Phi) is 4.12. The number of thiazole rings is 1. The van der Waals surface area contributed by atoms with E-state index in [2.05, 4.69) is 25.9 Å². The van der Waals surface area contributed by atoms with Crippen LogP contribution in [0, 0.1) is 6.92 Å². The lowest BCUT2D eigenvalue weighted by Crippen LogP contribution is -2.22. The molecule has 1 aromatic carbocycles. The molecule has 0 atom stereocenters. The number of furan rings is 1. The second-order valence-corrected chi connectivity index (χ2v) is 8.59. The van der Waals surface area contributed by atoms with E-state index in [1.54, 1.807) is 12.3 Å². The number of aromatic nitrogens is 3. The molecule has 8 heteroatoms. The Balaban J connectivity index is 1.63. The third-order valence-electron chi connectivity index (χ3n) is 4.48. The highest BCUT2D eigenvalue weighted by molar-refractivity contribution is 9.10. The number of hydrogen-bond acceptors (Lipinski definition) is 5. The van der Waals surface area contributed by atoms with Crippen LogP contribution in [0.5, 0.6) is 0 Å². The first-order valence-electron chi connectivity index (χ1n) is 8.35. The number of hydrogen-bond donors (Lipinski definition) is 0. The standard InChI is InChI=1S/C20H11BrClN3O2S/c1-10-13(3-2-4-14(10)22)16-6-5-12(27-16)8-17-19(26)25-18-15(24-20(25)28-17)7-11(21)9-23-18/h2-9H,1H3/b17-8-. The molecule has 0 spiro atoms. The summed E-state index contributed by atoms with van der Waals surface area (Å²) in [6.07, 6.45) is 3.39. The smallest absolute Gasteiger partial charge is 0.276 e. The van der Waals surface area contributed by atoms with Gasteiger partial charge in [-0.25, -0.2) is 14.4 Å². The summed E-state index contributed by atoms with van der Waals surface area (Å²) in [7, 11) is 0. The van der Waals surface area contributed by atoms with Gasteiger partial charge < -0.3 is 4.42 Å². The van der Waals surface area contributed by atoms with Crippen molar-refractivity contribution in [1.82, 2.24) is 14.4 Å². The summed E-state index contributed by atoms with van der Waals surface area (Å²) >= 11 is 10.9. The molecule has 0 bridgehead atoms. The molecular weight excluding hydrogens is 462 g/mol. The van der Waals surface area contributed by atoms with Crippen molar-refractivity contribution in [1.29, 1.82) is 0 Å². The number of pyridine rings is 1. The lowest BCUT2D eigenvalue weighted by atomic mass is 10.1. The van der Waals surface area contributed by atoms with Crippen molar-refractivity contribution in [2.24, 2.45) is 0 Å². The van der Waals surface area contributed by atoms with Crippen molar-refractivity contribution in [3.8, 4) is 11.3 Å². The minimum Gasteiger partial charge on any atom is -0.457 e. The summed E-state index contributed by atoms with van der Waals surface area (Å²) in [6.45, 7) is 1.95. The Bertz CT molecular complexity index is 1480. The number of rotatable bonds is 2. The van der Waals surface area contributed by atoms with E-state index in [4.69, 9.17) is 16.0 Å². The third kappa shape index (κ3) is 2.78. The van der Waals surface area contributed by atoms with Gasteiger partial charge in [0.1, 0.15) is 21.6 Å². The highest BCUT2D eigenvalue weighted by Gasteiger charge is 2.13. The molecule has 0 aliphatic heterocycles. The topological polar surface area (TPSA) is 60.4 Å². The van der Waals surface area contributed by atoms with Gasteiger partial charge in [-0.05, 0) is 52.7 Å². The molecule has 28 heavy (non-hydrogen) atoms. The predicted octanol–water partition coefficient (Wildman–Crippen LogP) is 4.84. The van der Waals surface area contributed by atoms with Crippen LogP contribution in [-0.2, 0) is 0 Å². The average Bonchev–Trinajstić information content (AvgIpc) is 3.33. The van der Waals surface area contributed by atoms with E-state index in [1.165, 1.54) is 15.7 Å². The molecule has 138 valence electrons. The quantitative estimate of drug-likeness (QED) is 0.369. The SMILES string of the molecule is Cc1c(Cl)cccc1-c1ccc(/C=c2\sc3nc4cc(Br)cnc4n3c2=O)o1.